The zero-order valence-corrected chi connectivity index (χ0v) is 10.2. The summed E-state index contributed by atoms with van der Waals surface area (Å²) in [6.07, 6.45) is 0.795. The van der Waals surface area contributed by atoms with Crippen molar-refractivity contribution < 1.29 is 14.6 Å². The maximum Gasteiger partial charge on any atom is 0.248 e. The Balaban J connectivity index is 1.98. The van der Waals surface area contributed by atoms with Crippen molar-refractivity contribution in [3.05, 3.63) is 29.8 Å². The highest BCUT2D eigenvalue weighted by Crippen LogP contribution is 2.15. The number of nitrogens with zero attached hydrogens (tertiary/aromatic N) is 1. The Morgan fingerprint density at radius 1 is 1.39 bits per heavy atom. The van der Waals surface area contributed by atoms with Crippen molar-refractivity contribution in [1.29, 1.82) is 0 Å². The van der Waals surface area contributed by atoms with Gasteiger partial charge in [0.05, 0.1) is 6.10 Å². The molecule has 0 bridgehead atoms. The second kappa shape index (κ2) is 5.84. The molecule has 0 radical (unpaired) electrons. The van der Waals surface area contributed by atoms with Gasteiger partial charge in [-0.2, -0.15) is 0 Å². The molecule has 18 heavy (non-hydrogen) atoms. The lowest BCUT2D eigenvalue weighted by Crippen LogP contribution is -2.46. The Hall–Kier alpha value is -1.59. The van der Waals surface area contributed by atoms with Crippen LogP contribution in [0.3, 0.4) is 0 Å². The van der Waals surface area contributed by atoms with Crippen molar-refractivity contribution in [1.82, 2.24) is 4.90 Å². The largest absolute Gasteiger partial charge is 0.508 e. The molecule has 1 saturated heterocycles. The second-order valence-electron chi connectivity index (χ2n) is 4.45. The third kappa shape index (κ3) is 3.21. The van der Waals surface area contributed by atoms with Crippen LogP contribution >= 0.6 is 0 Å². The third-order valence-corrected chi connectivity index (χ3v) is 3.02. The van der Waals surface area contributed by atoms with E-state index >= 15 is 0 Å². The van der Waals surface area contributed by atoms with Crippen LogP contribution in [0.4, 0.5) is 0 Å². The summed E-state index contributed by atoms with van der Waals surface area (Å²) >= 11 is 0. The van der Waals surface area contributed by atoms with Crippen LogP contribution in [0.5, 0.6) is 5.75 Å². The van der Waals surface area contributed by atoms with E-state index in [0.717, 1.165) is 12.0 Å². The highest BCUT2D eigenvalue weighted by molar-refractivity contribution is 5.78. The van der Waals surface area contributed by atoms with Crippen molar-refractivity contribution in [2.45, 2.75) is 19.1 Å². The number of phenols is 1. The summed E-state index contributed by atoms with van der Waals surface area (Å²) in [5, 5.41) is 9.21. The first-order valence-electron chi connectivity index (χ1n) is 6.06. The zero-order valence-electron chi connectivity index (χ0n) is 10.2. The summed E-state index contributed by atoms with van der Waals surface area (Å²) in [5.74, 6) is 0.226. The molecule has 0 aliphatic carbocycles. The average Bonchev–Trinajstić information content (AvgIpc) is 2.36. The molecule has 1 unspecified atom stereocenters. The van der Waals surface area contributed by atoms with Crippen LogP contribution < -0.4 is 5.73 Å². The average molecular weight is 250 g/mol. The first-order chi connectivity index (χ1) is 8.69. The van der Waals surface area contributed by atoms with E-state index in [0.29, 0.717) is 19.6 Å². The van der Waals surface area contributed by atoms with Crippen molar-refractivity contribution >= 4 is 5.91 Å². The molecule has 1 heterocycles. The summed E-state index contributed by atoms with van der Waals surface area (Å²) < 4.78 is 5.41. The van der Waals surface area contributed by atoms with Crippen LogP contribution in [0.2, 0.25) is 0 Å². The standard InChI is InChI=1S/C13H18N2O3/c14-6-5-12-8-15(13(17)9-18-12)7-10-1-3-11(16)4-2-10/h1-4,12,16H,5-9,14H2. The van der Waals surface area contributed by atoms with Gasteiger partial charge in [-0.05, 0) is 30.7 Å². The monoisotopic (exact) mass is 250 g/mol. The smallest absolute Gasteiger partial charge is 0.248 e. The fourth-order valence-corrected chi connectivity index (χ4v) is 2.02. The number of hydrogen-bond acceptors (Lipinski definition) is 4. The van der Waals surface area contributed by atoms with E-state index < -0.39 is 0 Å². The summed E-state index contributed by atoms with van der Waals surface area (Å²) in [7, 11) is 0. The minimum absolute atomic E-state index is 0.00338. The molecule has 1 atom stereocenters. The van der Waals surface area contributed by atoms with Gasteiger partial charge in [0.2, 0.25) is 5.91 Å². The summed E-state index contributed by atoms with van der Waals surface area (Å²) in [5.41, 5.74) is 6.49. The number of amides is 1. The van der Waals surface area contributed by atoms with Gasteiger partial charge < -0.3 is 20.5 Å². The molecule has 0 saturated carbocycles. The molecule has 3 N–H and O–H groups in total. The summed E-state index contributed by atoms with van der Waals surface area (Å²) in [6, 6.07) is 6.88. The van der Waals surface area contributed by atoms with Crippen LogP contribution in [0.1, 0.15) is 12.0 Å². The molecule has 1 aliphatic heterocycles. The SMILES string of the molecule is NCCC1CN(Cc2ccc(O)cc2)C(=O)CO1. The van der Waals surface area contributed by atoms with Crippen LogP contribution in [-0.4, -0.2) is 41.7 Å². The van der Waals surface area contributed by atoms with Crippen molar-refractivity contribution in [3.63, 3.8) is 0 Å². The fourth-order valence-electron chi connectivity index (χ4n) is 2.02. The van der Waals surface area contributed by atoms with Gasteiger partial charge in [-0.25, -0.2) is 0 Å². The number of benzene rings is 1. The van der Waals surface area contributed by atoms with Crippen LogP contribution in [0.15, 0.2) is 24.3 Å². The Morgan fingerprint density at radius 2 is 2.11 bits per heavy atom. The molecule has 1 aromatic rings. The third-order valence-electron chi connectivity index (χ3n) is 3.02. The van der Waals surface area contributed by atoms with Gasteiger partial charge in [-0.1, -0.05) is 12.1 Å². The Bertz CT molecular complexity index is 405. The quantitative estimate of drug-likeness (QED) is 0.814. The molecule has 1 aliphatic rings. The number of phenolic OH excluding ortho intramolecular Hbond substituents is 1. The molecule has 5 nitrogen and oxygen atoms in total. The van der Waals surface area contributed by atoms with E-state index in [-0.39, 0.29) is 24.4 Å². The molecule has 98 valence electrons. The first kappa shape index (κ1) is 12.9. The van der Waals surface area contributed by atoms with Gasteiger partial charge in [0.1, 0.15) is 12.4 Å². The van der Waals surface area contributed by atoms with Gasteiger partial charge in [-0.15, -0.1) is 0 Å². The van der Waals surface area contributed by atoms with Crippen LogP contribution in [-0.2, 0) is 16.1 Å². The highest BCUT2D eigenvalue weighted by Gasteiger charge is 2.25. The Labute approximate surface area is 106 Å². The maximum atomic E-state index is 11.7. The van der Waals surface area contributed by atoms with E-state index in [1.165, 1.54) is 0 Å². The molecular weight excluding hydrogens is 232 g/mol. The van der Waals surface area contributed by atoms with E-state index in [1.54, 1.807) is 17.0 Å². The Kier molecular flexibility index (Phi) is 4.17. The van der Waals surface area contributed by atoms with Gasteiger partial charge in [0.15, 0.2) is 0 Å². The predicted molar refractivity (Wildman–Crippen MR) is 66.9 cm³/mol. The van der Waals surface area contributed by atoms with E-state index in [9.17, 15) is 9.90 Å². The highest BCUT2D eigenvalue weighted by atomic mass is 16.5. The Morgan fingerprint density at radius 3 is 2.78 bits per heavy atom. The number of rotatable bonds is 4. The van der Waals surface area contributed by atoms with Crippen LogP contribution in [0.25, 0.3) is 0 Å². The molecule has 2 rings (SSSR count). The minimum atomic E-state index is -0.00338. The number of carbonyl (C=O) groups excluding carboxylic acids is 1. The van der Waals surface area contributed by atoms with E-state index in [1.807, 2.05) is 12.1 Å². The number of ether oxygens (including phenoxy) is 1. The predicted octanol–water partition coefficient (Wildman–Crippen LogP) is 0.468. The molecule has 0 spiro atoms. The van der Waals surface area contributed by atoms with Crippen molar-refractivity contribution in [2.24, 2.45) is 5.73 Å². The van der Waals surface area contributed by atoms with Crippen molar-refractivity contribution in [3.8, 4) is 5.75 Å². The molecular formula is C13H18N2O3. The molecule has 0 aromatic heterocycles. The minimum Gasteiger partial charge on any atom is -0.508 e. The molecule has 1 fully saturated rings. The maximum absolute atomic E-state index is 11.7. The fraction of sp³-hybridized carbons (Fsp3) is 0.462. The van der Waals surface area contributed by atoms with Gasteiger partial charge in [0.25, 0.3) is 0 Å². The zero-order chi connectivity index (χ0) is 13.0. The van der Waals surface area contributed by atoms with Crippen molar-refractivity contribution in [2.75, 3.05) is 19.7 Å². The second-order valence-corrected chi connectivity index (χ2v) is 4.45. The van der Waals surface area contributed by atoms with Gasteiger partial charge in [-0.3, -0.25) is 4.79 Å². The lowest BCUT2D eigenvalue weighted by molar-refractivity contribution is -0.149. The normalized spacial score (nSPS) is 20.2. The summed E-state index contributed by atoms with van der Waals surface area (Å²) in [4.78, 5) is 13.5. The lowest BCUT2D eigenvalue weighted by Gasteiger charge is -2.32. The molecule has 1 amide bonds. The number of aromatic hydroxyl groups is 1. The topological polar surface area (TPSA) is 75.8 Å². The summed E-state index contributed by atoms with van der Waals surface area (Å²) in [6.45, 7) is 1.81. The number of morpholine rings is 1. The van der Waals surface area contributed by atoms with E-state index in [4.69, 9.17) is 10.5 Å². The van der Waals surface area contributed by atoms with Gasteiger partial charge in [0, 0.05) is 13.1 Å². The van der Waals surface area contributed by atoms with E-state index in [2.05, 4.69) is 0 Å². The van der Waals surface area contributed by atoms with Gasteiger partial charge >= 0.3 is 0 Å². The van der Waals surface area contributed by atoms with Crippen LogP contribution in [0, 0.1) is 0 Å². The number of nitrogens with two attached hydrogens (primary N) is 1. The molecule has 5 heteroatoms. The number of hydrogen-bond donors (Lipinski definition) is 2. The first-order valence-corrected chi connectivity index (χ1v) is 6.06. The molecule has 1 aromatic carbocycles. The number of carbonyl (C=O) groups is 1. The lowest BCUT2D eigenvalue weighted by atomic mass is 10.1.